The number of aromatic amines is 2. The molecule has 5 heteroatoms. The van der Waals surface area contributed by atoms with Crippen LogP contribution >= 0.6 is 28.1 Å². The number of hydrogen-bond acceptors (Lipinski definition) is 2. The van der Waals surface area contributed by atoms with Gasteiger partial charge in [-0.05, 0) is 34.2 Å². The fraction of sp³-hybridized carbons (Fsp3) is 0.125. The number of halogens is 1. The van der Waals surface area contributed by atoms with Crippen molar-refractivity contribution in [2.45, 2.75) is 0 Å². The summed E-state index contributed by atoms with van der Waals surface area (Å²) in [6, 6.07) is 3.83. The highest BCUT2D eigenvalue weighted by atomic mass is 79.9. The molecule has 3 nitrogen and oxygen atoms in total. The molecule has 0 radical (unpaired) electrons. The minimum atomic E-state index is 0.621. The molecule has 0 spiro atoms. The maximum Gasteiger partial charge on any atom is 0.175 e. The maximum absolute atomic E-state index is 5.15. The number of benzene rings is 1. The molecule has 0 aliphatic carbocycles. The molecule has 0 saturated heterocycles. The first-order valence-electron chi connectivity index (χ1n) is 3.66. The fourth-order valence-corrected chi connectivity index (χ4v) is 1.92. The van der Waals surface area contributed by atoms with E-state index in [0.29, 0.717) is 4.77 Å². The lowest BCUT2D eigenvalue weighted by molar-refractivity contribution is 0.412. The number of aromatic nitrogens is 2. The van der Waals surface area contributed by atoms with Crippen molar-refractivity contribution in [3.63, 3.8) is 0 Å². The molecule has 0 aliphatic heterocycles. The lowest BCUT2D eigenvalue weighted by atomic mass is 10.3. The lowest BCUT2D eigenvalue weighted by Crippen LogP contribution is -1.83. The van der Waals surface area contributed by atoms with Gasteiger partial charge >= 0.3 is 0 Å². The van der Waals surface area contributed by atoms with Gasteiger partial charge in [-0.3, -0.25) is 0 Å². The highest BCUT2D eigenvalue weighted by Crippen LogP contribution is 2.28. The van der Waals surface area contributed by atoms with Crippen LogP contribution in [0.25, 0.3) is 11.0 Å². The van der Waals surface area contributed by atoms with Crippen LogP contribution in [-0.2, 0) is 0 Å². The number of H-pyrrole nitrogens is 2. The Morgan fingerprint density at radius 3 is 2.54 bits per heavy atom. The molecule has 0 fully saturated rings. The third-order valence-electron chi connectivity index (χ3n) is 1.79. The van der Waals surface area contributed by atoms with Crippen molar-refractivity contribution in [1.29, 1.82) is 0 Å². The van der Waals surface area contributed by atoms with Gasteiger partial charge in [0.05, 0.1) is 22.6 Å². The summed E-state index contributed by atoms with van der Waals surface area (Å²) in [4.78, 5) is 6.04. The van der Waals surface area contributed by atoms with Crippen molar-refractivity contribution in [3.8, 4) is 5.75 Å². The molecule has 0 aliphatic rings. The van der Waals surface area contributed by atoms with Crippen LogP contribution in [0.4, 0.5) is 0 Å². The van der Waals surface area contributed by atoms with E-state index in [1.807, 2.05) is 12.1 Å². The van der Waals surface area contributed by atoms with E-state index in [1.54, 1.807) is 7.11 Å². The SMILES string of the molecule is COc1cc2[nH]c(=S)[nH]c2cc1Br. The van der Waals surface area contributed by atoms with Gasteiger partial charge in [0.2, 0.25) is 0 Å². The number of rotatable bonds is 1. The second kappa shape index (κ2) is 3.16. The molecule has 1 aromatic heterocycles. The van der Waals surface area contributed by atoms with Crippen molar-refractivity contribution in [1.82, 2.24) is 9.97 Å². The Morgan fingerprint density at radius 1 is 1.31 bits per heavy atom. The van der Waals surface area contributed by atoms with Gasteiger partial charge in [-0.1, -0.05) is 0 Å². The van der Waals surface area contributed by atoms with Crippen LogP contribution in [0.2, 0.25) is 0 Å². The molecule has 1 heterocycles. The first kappa shape index (κ1) is 8.77. The molecule has 1 aromatic carbocycles. The third-order valence-corrected chi connectivity index (χ3v) is 2.61. The summed E-state index contributed by atoms with van der Waals surface area (Å²) >= 11 is 8.36. The summed E-state index contributed by atoms with van der Waals surface area (Å²) in [5.41, 5.74) is 1.92. The monoisotopic (exact) mass is 258 g/mol. The standard InChI is InChI=1S/C8H7BrN2OS/c1-12-7-3-6-5(2-4(7)9)10-8(13)11-6/h2-3H,1H3,(H2,10,11,13). The molecule has 0 unspecified atom stereocenters. The first-order valence-corrected chi connectivity index (χ1v) is 4.86. The second-order valence-electron chi connectivity index (χ2n) is 2.61. The molecular formula is C8H7BrN2OS. The Balaban J connectivity index is 2.80. The lowest BCUT2D eigenvalue weighted by Gasteiger charge is -2.01. The summed E-state index contributed by atoms with van der Waals surface area (Å²) in [5, 5.41) is 0. The van der Waals surface area contributed by atoms with Crippen LogP contribution in [0, 0.1) is 4.77 Å². The van der Waals surface area contributed by atoms with Crippen molar-refractivity contribution in [2.24, 2.45) is 0 Å². The van der Waals surface area contributed by atoms with E-state index in [4.69, 9.17) is 17.0 Å². The van der Waals surface area contributed by atoms with E-state index in [1.165, 1.54) is 0 Å². The average Bonchev–Trinajstić information content (AvgIpc) is 2.42. The minimum Gasteiger partial charge on any atom is -0.495 e. The number of methoxy groups -OCH3 is 1. The average molecular weight is 259 g/mol. The molecule has 0 saturated carbocycles. The largest absolute Gasteiger partial charge is 0.495 e. The zero-order valence-corrected chi connectivity index (χ0v) is 9.25. The normalized spacial score (nSPS) is 10.6. The topological polar surface area (TPSA) is 40.8 Å². The highest BCUT2D eigenvalue weighted by Gasteiger charge is 2.03. The molecule has 0 bridgehead atoms. The highest BCUT2D eigenvalue weighted by molar-refractivity contribution is 9.10. The zero-order chi connectivity index (χ0) is 9.42. The number of nitrogens with one attached hydrogen (secondary N) is 2. The minimum absolute atomic E-state index is 0.621. The quantitative estimate of drug-likeness (QED) is 0.773. The van der Waals surface area contributed by atoms with E-state index in [0.717, 1.165) is 21.3 Å². The van der Waals surface area contributed by atoms with Crippen molar-refractivity contribution in [3.05, 3.63) is 21.4 Å². The predicted octanol–water partition coefficient (Wildman–Crippen LogP) is 3.00. The van der Waals surface area contributed by atoms with Gasteiger partial charge in [-0.15, -0.1) is 0 Å². The Kier molecular flexibility index (Phi) is 2.13. The van der Waals surface area contributed by atoms with E-state index < -0.39 is 0 Å². The van der Waals surface area contributed by atoms with Crippen molar-refractivity contribution < 1.29 is 4.74 Å². The molecule has 2 rings (SSSR count). The Morgan fingerprint density at radius 2 is 1.92 bits per heavy atom. The fourth-order valence-electron chi connectivity index (χ4n) is 1.19. The van der Waals surface area contributed by atoms with Crippen LogP contribution in [0.5, 0.6) is 5.75 Å². The molecule has 0 atom stereocenters. The van der Waals surface area contributed by atoms with Gasteiger partial charge < -0.3 is 14.7 Å². The van der Waals surface area contributed by atoms with Gasteiger partial charge in [0.15, 0.2) is 4.77 Å². The van der Waals surface area contributed by atoms with Crippen LogP contribution in [0.1, 0.15) is 0 Å². The summed E-state index contributed by atoms with van der Waals surface area (Å²) < 4.78 is 6.68. The summed E-state index contributed by atoms with van der Waals surface area (Å²) in [5.74, 6) is 0.790. The molecular weight excluding hydrogens is 252 g/mol. The smallest absolute Gasteiger partial charge is 0.175 e. The maximum atomic E-state index is 5.15. The predicted molar refractivity (Wildman–Crippen MR) is 57.7 cm³/mol. The van der Waals surface area contributed by atoms with Crippen molar-refractivity contribution >= 4 is 39.2 Å². The summed E-state index contributed by atoms with van der Waals surface area (Å²) in [7, 11) is 1.63. The Labute approximate surface area is 88.2 Å². The van der Waals surface area contributed by atoms with Gasteiger partial charge in [0.25, 0.3) is 0 Å². The molecule has 13 heavy (non-hydrogen) atoms. The van der Waals surface area contributed by atoms with E-state index in [2.05, 4.69) is 25.9 Å². The summed E-state index contributed by atoms with van der Waals surface area (Å²) in [6.45, 7) is 0. The number of hydrogen-bond donors (Lipinski definition) is 2. The Hall–Kier alpha value is -0.810. The molecule has 2 aromatic rings. The van der Waals surface area contributed by atoms with Crippen LogP contribution in [0.3, 0.4) is 0 Å². The van der Waals surface area contributed by atoms with Crippen molar-refractivity contribution in [2.75, 3.05) is 7.11 Å². The Bertz CT molecular complexity index is 502. The first-order chi connectivity index (χ1) is 6.20. The number of imidazole rings is 1. The number of ether oxygens (including phenoxy) is 1. The van der Waals surface area contributed by atoms with Crippen LogP contribution < -0.4 is 4.74 Å². The number of fused-ring (bicyclic) bond motifs is 1. The van der Waals surface area contributed by atoms with Gasteiger partial charge in [0.1, 0.15) is 5.75 Å². The third kappa shape index (κ3) is 1.49. The summed E-state index contributed by atoms with van der Waals surface area (Å²) in [6.07, 6.45) is 0. The molecule has 68 valence electrons. The van der Waals surface area contributed by atoms with E-state index >= 15 is 0 Å². The zero-order valence-electron chi connectivity index (χ0n) is 6.85. The molecule has 0 amide bonds. The van der Waals surface area contributed by atoms with E-state index in [-0.39, 0.29) is 0 Å². The van der Waals surface area contributed by atoms with Crippen LogP contribution in [-0.4, -0.2) is 17.1 Å². The van der Waals surface area contributed by atoms with Gasteiger partial charge in [-0.2, -0.15) is 0 Å². The van der Waals surface area contributed by atoms with E-state index in [9.17, 15) is 0 Å². The molecule has 2 N–H and O–H groups in total. The van der Waals surface area contributed by atoms with Gasteiger partial charge in [0, 0.05) is 6.07 Å². The van der Waals surface area contributed by atoms with Gasteiger partial charge in [-0.25, -0.2) is 0 Å². The second-order valence-corrected chi connectivity index (χ2v) is 3.87. The van der Waals surface area contributed by atoms with Crippen LogP contribution in [0.15, 0.2) is 16.6 Å².